The molecule has 0 N–H and O–H groups in total. The number of aromatic nitrogens is 2. The van der Waals surface area contributed by atoms with Gasteiger partial charge in [0.1, 0.15) is 15.1 Å². The number of benzene rings is 1. The first-order valence-electron chi connectivity index (χ1n) is 6.72. The van der Waals surface area contributed by atoms with Crippen LogP contribution in [0.25, 0.3) is 0 Å². The van der Waals surface area contributed by atoms with Gasteiger partial charge in [-0.05, 0) is 18.2 Å². The van der Waals surface area contributed by atoms with Crippen molar-refractivity contribution < 1.29 is 4.74 Å². The molecule has 0 radical (unpaired) electrons. The number of rotatable bonds is 4. The van der Waals surface area contributed by atoms with Crippen LogP contribution in [-0.2, 0) is 6.54 Å². The van der Waals surface area contributed by atoms with E-state index in [4.69, 9.17) is 40.2 Å². The van der Waals surface area contributed by atoms with Gasteiger partial charge in [0.2, 0.25) is 0 Å². The third-order valence-corrected chi connectivity index (χ3v) is 5.42. The number of hydrogen-bond donors (Lipinski definition) is 0. The van der Waals surface area contributed by atoms with Crippen molar-refractivity contribution in [3.63, 3.8) is 0 Å². The lowest BCUT2D eigenvalue weighted by molar-refractivity contribution is 0.414. The fraction of sp³-hybridized carbons (Fsp3) is 0.133. The van der Waals surface area contributed by atoms with Crippen LogP contribution in [0.15, 0.2) is 40.3 Å². The quantitative estimate of drug-likeness (QED) is 0.582. The van der Waals surface area contributed by atoms with Crippen molar-refractivity contribution in [2.75, 3.05) is 7.11 Å². The third kappa shape index (κ3) is 4.04. The Labute approximate surface area is 162 Å². The van der Waals surface area contributed by atoms with Crippen LogP contribution in [-0.4, -0.2) is 21.6 Å². The number of methoxy groups -OCH3 is 1. The smallest absolute Gasteiger partial charge is 0.192 e. The van der Waals surface area contributed by atoms with E-state index in [-0.39, 0.29) is 0 Å². The molecule has 0 aliphatic heterocycles. The zero-order valence-corrected chi connectivity index (χ0v) is 16.4. The lowest BCUT2D eigenvalue weighted by atomic mass is 10.2. The van der Waals surface area contributed by atoms with Crippen LogP contribution in [0.3, 0.4) is 0 Å². The molecule has 4 nitrogen and oxygen atoms in total. The molecule has 9 heteroatoms. The van der Waals surface area contributed by atoms with Gasteiger partial charge in [-0.3, -0.25) is 0 Å². The Balaban J connectivity index is 1.99. The minimum absolute atomic E-state index is 0.389. The van der Waals surface area contributed by atoms with Crippen LogP contribution in [0.1, 0.15) is 11.3 Å². The number of nitrogens with zero attached hydrogens (tertiary/aromatic N) is 3. The second-order valence-corrected chi connectivity index (χ2v) is 7.87. The van der Waals surface area contributed by atoms with Gasteiger partial charge in [0, 0.05) is 16.6 Å². The molecule has 0 amide bonds. The molecule has 0 saturated heterocycles. The fourth-order valence-electron chi connectivity index (χ4n) is 2.03. The highest BCUT2D eigenvalue weighted by molar-refractivity contribution is 7.80. The average Bonchev–Trinajstić information content (AvgIpc) is 3.18. The summed E-state index contributed by atoms with van der Waals surface area (Å²) in [6.45, 7) is 0.584. The summed E-state index contributed by atoms with van der Waals surface area (Å²) in [5.74, 6) is 0.627. The fourth-order valence-corrected chi connectivity index (χ4v) is 4.11. The van der Waals surface area contributed by atoms with Crippen molar-refractivity contribution in [2.24, 2.45) is 4.99 Å². The second-order valence-electron chi connectivity index (χ2n) is 4.69. The largest absolute Gasteiger partial charge is 0.496 e. The summed E-state index contributed by atoms with van der Waals surface area (Å²) in [6.07, 6.45) is 1.82. The number of ether oxygens (including phenoxy) is 1. The number of thiocarbonyl (C=S) groups is 1. The molecular formula is C15H11Cl2N3OS3. The van der Waals surface area contributed by atoms with Gasteiger partial charge in [-0.1, -0.05) is 46.8 Å². The van der Waals surface area contributed by atoms with Crippen molar-refractivity contribution >= 4 is 63.1 Å². The van der Waals surface area contributed by atoms with E-state index in [0.29, 0.717) is 37.0 Å². The Bertz CT molecular complexity index is 932. The van der Waals surface area contributed by atoms with Gasteiger partial charge in [-0.15, -0.1) is 11.3 Å². The zero-order valence-electron chi connectivity index (χ0n) is 12.4. The highest BCUT2D eigenvalue weighted by Gasteiger charge is 2.10. The van der Waals surface area contributed by atoms with Crippen molar-refractivity contribution in [3.8, 4) is 5.75 Å². The van der Waals surface area contributed by atoms with Crippen LogP contribution in [0.2, 0.25) is 9.36 Å². The molecule has 0 spiro atoms. The highest BCUT2D eigenvalue weighted by Crippen LogP contribution is 2.24. The molecule has 0 bridgehead atoms. The van der Waals surface area contributed by atoms with Gasteiger partial charge in [-0.25, -0.2) is 9.98 Å². The maximum Gasteiger partial charge on any atom is 0.192 e. The number of halogens is 2. The Morgan fingerprint density at radius 3 is 2.96 bits per heavy atom. The normalized spacial score (nSPS) is 11.7. The lowest BCUT2D eigenvalue weighted by Crippen LogP contribution is -2.17. The Morgan fingerprint density at radius 2 is 2.25 bits per heavy atom. The Morgan fingerprint density at radius 1 is 1.42 bits per heavy atom. The van der Waals surface area contributed by atoms with E-state index in [1.54, 1.807) is 42.2 Å². The molecule has 0 fully saturated rings. The van der Waals surface area contributed by atoms with E-state index in [9.17, 15) is 0 Å². The predicted octanol–water partition coefficient (Wildman–Crippen LogP) is 4.65. The van der Waals surface area contributed by atoms with E-state index < -0.39 is 0 Å². The highest BCUT2D eigenvalue weighted by atomic mass is 35.5. The number of hydrogen-bond acceptors (Lipinski definition) is 5. The average molecular weight is 416 g/mol. The standard InChI is InChI=1S/C15H11Cl2N3OS3/c1-21-12-3-2-9(16)4-11(12)14(22)19-15-20(6-13(17)24-15)5-10-7-23-8-18-10/h2-4,6-8H,5H2,1H3. The molecule has 3 aromatic rings. The zero-order chi connectivity index (χ0) is 17.1. The van der Waals surface area contributed by atoms with Crippen LogP contribution in [0.5, 0.6) is 5.75 Å². The minimum atomic E-state index is 0.389. The van der Waals surface area contributed by atoms with Crippen molar-refractivity contribution in [1.29, 1.82) is 0 Å². The van der Waals surface area contributed by atoms with Gasteiger partial charge in [0.25, 0.3) is 0 Å². The molecule has 2 heterocycles. The molecule has 0 atom stereocenters. The van der Waals surface area contributed by atoms with Gasteiger partial charge in [0.15, 0.2) is 4.80 Å². The van der Waals surface area contributed by atoms with E-state index >= 15 is 0 Å². The van der Waals surface area contributed by atoms with Crippen molar-refractivity contribution in [1.82, 2.24) is 9.55 Å². The van der Waals surface area contributed by atoms with Crippen LogP contribution < -0.4 is 9.54 Å². The molecule has 3 rings (SSSR count). The molecule has 0 unspecified atom stereocenters. The summed E-state index contributed by atoms with van der Waals surface area (Å²) in [5.41, 5.74) is 3.41. The first-order valence-corrected chi connectivity index (χ1v) is 9.64. The summed E-state index contributed by atoms with van der Waals surface area (Å²) >= 11 is 20.6. The first-order chi connectivity index (χ1) is 11.6. The summed E-state index contributed by atoms with van der Waals surface area (Å²) in [5, 5.41) is 2.56. The minimum Gasteiger partial charge on any atom is -0.496 e. The summed E-state index contributed by atoms with van der Waals surface area (Å²) in [7, 11) is 1.58. The van der Waals surface area contributed by atoms with Gasteiger partial charge >= 0.3 is 0 Å². The third-order valence-electron chi connectivity index (χ3n) is 3.10. The molecule has 124 valence electrons. The van der Waals surface area contributed by atoms with Crippen LogP contribution in [0.4, 0.5) is 0 Å². The molecule has 0 aliphatic rings. The lowest BCUT2D eigenvalue weighted by Gasteiger charge is -2.07. The summed E-state index contributed by atoms with van der Waals surface area (Å²) in [6, 6.07) is 5.26. The van der Waals surface area contributed by atoms with Gasteiger partial charge in [0.05, 0.1) is 30.4 Å². The topological polar surface area (TPSA) is 39.4 Å². The Hall–Kier alpha value is -1.25. The molecule has 1 aromatic carbocycles. The van der Waals surface area contributed by atoms with E-state index in [2.05, 4.69) is 9.98 Å². The molecule has 24 heavy (non-hydrogen) atoms. The maximum absolute atomic E-state index is 6.15. The molecular weight excluding hydrogens is 405 g/mol. The number of thiazole rings is 2. The summed E-state index contributed by atoms with van der Waals surface area (Å²) in [4.78, 5) is 9.91. The van der Waals surface area contributed by atoms with Crippen LogP contribution in [0, 0.1) is 0 Å². The van der Waals surface area contributed by atoms with Crippen molar-refractivity contribution in [3.05, 3.63) is 60.7 Å². The molecule has 2 aromatic heterocycles. The monoisotopic (exact) mass is 415 g/mol. The predicted molar refractivity (Wildman–Crippen MR) is 104 cm³/mol. The van der Waals surface area contributed by atoms with Crippen LogP contribution >= 0.6 is 58.1 Å². The van der Waals surface area contributed by atoms with E-state index in [0.717, 1.165) is 5.69 Å². The van der Waals surface area contributed by atoms with Crippen molar-refractivity contribution in [2.45, 2.75) is 6.54 Å². The maximum atomic E-state index is 6.15. The van der Waals surface area contributed by atoms with E-state index in [1.165, 1.54) is 11.3 Å². The SMILES string of the molecule is COc1ccc(Cl)cc1C(=S)N=c1sc(Cl)cn1Cc1cscn1. The Kier molecular flexibility index (Phi) is 5.68. The second kappa shape index (κ2) is 7.76. The molecule has 0 aliphatic carbocycles. The molecule has 0 saturated carbocycles. The van der Waals surface area contributed by atoms with Gasteiger partial charge in [-0.2, -0.15) is 0 Å². The first kappa shape index (κ1) is 17.6. The van der Waals surface area contributed by atoms with Gasteiger partial charge < -0.3 is 9.30 Å². The van der Waals surface area contributed by atoms with E-state index in [1.807, 2.05) is 16.1 Å². The summed E-state index contributed by atoms with van der Waals surface area (Å²) < 4.78 is 7.89.